The molecule has 1 fully saturated rings. The van der Waals surface area contributed by atoms with Gasteiger partial charge >= 0.3 is 0 Å². The molecule has 0 unspecified atom stereocenters. The second-order valence-electron chi connectivity index (χ2n) is 6.93. The van der Waals surface area contributed by atoms with Gasteiger partial charge in [-0.3, -0.25) is 0 Å². The number of anilines is 2. The molecule has 2 heterocycles. The van der Waals surface area contributed by atoms with E-state index in [0.717, 1.165) is 35.3 Å². The van der Waals surface area contributed by atoms with E-state index in [1.165, 1.54) is 12.8 Å². The summed E-state index contributed by atoms with van der Waals surface area (Å²) in [6.07, 6.45) is 7.00. The topological polar surface area (TPSA) is 106 Å². The van der Waals surface area contributed by atoms with Crippen molar-refractivity contribution in [2.75, 3.05) is 25.7 Å². The summed E-state index contributed by atoms with van der Waals surface area (Å²) in [5, 5.41) is 0. The summed E-state index contributed by atoms with van der Waals surface area (Å²) in [4.78, 5) is 8.13. The molecule has 1 aliphatic heterocycles. The Morgan fingerprint density at radius 2 is 1.96 bits per heavy atom. The van der Waals surface area contributed by atoms with Gasteiger partial charge in [-0.15, -0.1) is 0 Å². The van der Waals surface area contributed by atoms with E-state index in [-0.39, 0.29) is 12.1 Å². The summed E-state index contributed by atoms with van der Waals surface area (Å²) in [7, 11) is 3.28. The van der Waals surface area contributed by atoms with Crippen LogP contribution in [0.25, 0.3) is 0 Å². The first-order valence-corrected chi connectivity index (χ1v) is 8.91. The number of benzene rings is 1. The van der Waals surface area contributed by atoms with E-state index in [9.17, 15) is 0 Å². The fourth-order valence-electron chi connectivity index (χ4n) is 3.68. The van der Waals surface area contributed by atoms with Crippen LogP contribution < -0.4 is 25.7 Å². The van der Waals surface area contributed by atoms with Crippen LogP contribution in [0.3, 0.4) is 0 Å². The van der Waals surface area contributed by atoms with Crippen molar-refractivity contribution in [2.24, 2.45) is 5.92 Å². The Kier molecular flexibility index (Phi) is 4.22. The van der Waals surface area contributed by atoms with E-state index in [4.69, 9.17) is 25.7 Å². The highest BCUT2D eigenvalue weighted by atomic mass is 16.5. The molecule has 0 amide bonds. The minimum Gasteiger partial charge on any atom is -0.493 e. The number of nitrogens with zero attached hydrogens (tertiary/aromatic N) is 2. The van der Waals surface area contributed by atoms with Crippen LogP contribution in [0.4, 0.5) is 11.8 Å². The third kappa shape index (κ3) is 2.98. The van der Waals surface area contributed by atoms with Gasteiger partial charge in [0.05, 0.1) is 14.2 Å². The van der Waals surface area contributed by atoms with Crippen molar-refractivity contribution in [1.82, 2.24) is 9.97 Å². The van der Waals surface area contributed by atoms with E-state index < -0.39 is 0 Å². The predicted octanol–water partition coefficient (Wildman–Crippen LogP) is 2.35. The molecule has 1 saturated carbocycles. The normalized spacial score (nSPS) is 18.8. The van der Waals surface area contributed by atoms with Crippen molar-refractivity contribution in [3.8, 4) is 17.2 Å². The number of rotatable bonds is 5. The molecule has 7 nitrogen and oxygen atoms in total. The Balaban J connectivity index is 1.75. The monoisotopic (exact) mass is 356 g/mol. The van der Waals surface area contributed by atoms with Crippen LogP contribution >= 0.6 is 0 Å². The van der Waals surface area contributed by atoms with Crippen molar-refractivity contribution < 1.29 is 14.2 Å². The predicted molar refractivity (Wildman–Crippen MR) is 98.7 cm³/mol. The van der Waals surface area contributed by atoms with Gasteiger partial charge in [0.25, 0.3) is 0 Å². The van der Waals surface area contributed by atoms with Crippen LogP contribution in [-0.2, 0) is 12.8 Å². The molecule has 1 atom stereocenters. The first kappa shape index (κ1) is 16.8. The lowest BCUT2D eigenvalue weighted by molar-refractivity contribution is 0.143. The van der Waals surface area contributed by atoms with Crippen molar-refractivity contribution in [3.63, 3.8) is 0 Å². The fraction of sp³-hybridized carbons (Fsp3) is 0.474. The summed E-state index contributed by atoms with van der Waals surface area (Å²) < 4.78 is 17.5. The van der Waals surface area contributed by atoms with Crippen molar-refractivity contribution in [2.45, 2.75) is 38.2 Å². The van der Waals surface area contributed by atoms with Gasteiger partial charge in [0.15, 0.2) is 11.5 Å². The highest BCUT2D eigenvalue weighted by Gasteiger charge is 2.37. The molecule has 0 spiro atoms. The number of nitrogens with two attached hydrogens (primary N) is 2. The minimum atomic E-state index is 0.177. The number of nitrogen functional groups attached to an aromatic ring is 2. The largest absolute Gasteiger partial charge is 0.493 e. The molecule has 7 heteroatoms. The van der Waals surface area contributed by atoms with Crippen LogP contribution in [-0.4, -0.2) is 30.3 Å². The third-order valence-corrected chi connectivity index (χ3v) is 5.21. The average molecular weight is 356 g/mol. The molecule has 0 saturated heterocycles. The second kappa shape index (κ2) is 6.55. The summed E-state index contributed by atoms with van der Waals surface area (Å²) in [6.45, 7) is 0. The van der Waals surface area contributed by atoms with Gasteiger partial charge in [-0.1, -0.05) is 0 Å². The minimum absolute atomic E-state index is 0.177. The molecule has 4 N–H and O–H groups in total. The van der Waals surface area contributed by atoms with Crippen LogP contribution in [0.5, 0.6) is 17.2 Å². The molecular formula is C19H24N4O3. The molecule has 1 aliphatic carbocycles. The van der Waals surface area contributed by atoms with Crippen molar-refractivity contribution in [1.29, 1.82) is 0 Å². The van der Waals surface area contributed by atoms with Crippen LogP contribution in [0.2, 0.25) is 0 Å². The lowest BCUT2D eigenvalue weighted by Crippen LogP contribution is -2.26. The summed E-state index contributed by atoms with van der Waals surface area (Å²) in [5.74, 6) is 3.37. The maximum atomic E-state index is 6.36. The lowest BCUT2D eigenvalue weighted by atomic mass is 9.91. The van der Waals surface area contributed by atoms with Crippen LogP contribution in [0.15, 0.2) is 12.3 Å². The van der Waals surface area contributed by atoms with Gasteiger partial charge < -0.3 is 25.7 Å². The maximum Gasteiger partial charge on any atom is 0.221 e. The molecule has 2 aliphatic rings. The van der Waals surface area contributed by atoms with Crippen LogP contribution in [0.1, 0.15) is 36.0 Å². The number of fused-ring (bicyclic) bond motifs is 1. The second-order valence-corrected chi connectivity index (χ2v) is 6.93. The highest BCUT2D eigenvalue weighted by Crippen LogP contribution is 2.49. The van der Waals surface area contributed by atoms with Crippen LogP contribution in [0, 0.1) is 5.92 Å². The van der Waals surface area contributed by atoms with Gasteiger partial charge in [0, 0.05) is 23.7 Å². The van der Waals surface area contributed by atoms with Gasteiger partial charge in [-0.2, -0.15) is 4.98 Å². The molecule has 138 valence electrons. The zero-order valence-corrected chi connectivity index (χ0v) is 15.1. The first-order valence-electron chi connectivity index (χ1n) is 8.91. The van der Waals surface area contributed by atoms with Gasteiger partial charge in [0.2, 0.25) is 11.7 Å². The fourth-order valence-corrected chi connectivity index (χ4v) is 3.68. The van der Waals surface area contributed by atoms with E-state index in [1.54, 1.807) is 20.4 Å². The molecule has 1 aromatic heterocycles. The Hall–Kier alpha value is -2.70. The first-order chi connectivity index (χ1) is 12.6. The number of hydrogen-bond acceptors (Lipinski definition) is 7. The number of hydrogen-bond donors (Lipinski definition) is 2. The molecule has 0 radical (unpaired) electrons. The zero-order chi connectivity index (χ0) is 18.3. The van der Waals surface area contributed by atoms with Gasteiger partial charge in [-0.25, -0.2) is 4.98 Å². The molecular weight excluding hydrogens is 332 g/mol. The van der Waals surface area contributed by atoms with Crippen molar-refractivity contribution >= 4 is 11.8 Å². The Morgan fingerprint density at radius 1 is 1.15 bits per heavy atom. The van der Waals surface area contributed by atoms with Gasteiger partial charge in [0.1, 0.15) is 11.9 Å². The third-order valence-electron chi connectivity index (χ3n) is 5.21. The molecule has 4 rings (SSSR count). The quantitative estimate of drug-likeness (QED) is 0.847. The zero-order valence-electron chi connectivity index (χ0n) is 15.1. The van der Waals surface area contributed by atoms with E-state index in [1.807, 2.05) is 6.07 Å². The van der Waals surface area contributed by atoms with E-state index in [0.29, 0.717) is 29.7 Å². The molecule has 2 aromatic rings. The standard InChI is InChI=1S/C19H24N4O3/c1-24-15-8-11(7-12-9-22-19(21)23-18(12)20)13-5-6-14(10-3-4-10)26-16(13)17(15)25-2/h8-10,14H,3-7H2,1-2H3,(H4,20,21,22,23)/t14-/m1/s1. The summed E-state index contributed by atoms with van der Waals surface area (Å²) in [6, 6.07) is 1.99. The average Bonchev–Trinajstić information content (AvgIpc) is 3.48. The summed E-state index contributed by atoms with van der Waals surface area (Å²) in [5.41, 5.74) is 14.7. The van der Waals surface area contributed by atoms with Crippen molar-refractivity contribution in [3.05, 3.63) is 29.0 Å². The number of aromatic nitrogens is 2. The Bertz CT molecular complexity index is 836. The number of ether oxygens (including phenoxy) is 3. The van der Waals surface area contributed by atoms with E-state index in [2.05, 4.69) is 9.97 Å². The van der Waals surface area contributed by atoms with E-state index >= 15 is 0 Å². The smallest absolute Gasteiger partial charge is 0.221 e. The maximum absolute atomic E-state index is 6.36. The lowest BCUT2D eigenvalue weighted by Gasteiger charge is -2.30. The SMILES string of the molecule is COc1cc(Cc2cnc(N)nc2N)c2c(c1OC)O[C@@H](C1CC1)CC2. The molecule has 26 heavy (non-hydrogen) atoms. The van der Waals surface area contributed by atoms with Gasteiger partial charge in [-0.05, 0) is 43.2 Å². The highest BCUT2D eigenvalue weighted by molar-refractivity contribution is 5.61. The number of methoxy groups -OCH3 is 2. The Morgan fingerprint density at radius 3 is 2.62 bits per heavy atom. The molecule has 1 aromatic carbocycles. The summed E-state index contributed by atoms with van der Waals surface area (Å²) >= 11 is 0. The molecule has 0 bridgehead atoms. The Labute approximate surface area is 152 Å².